The van der Waals surface area contributed by atoms with Crippen molar-refractivity contribution >= 4 is 17.7 Å². The van der Waals surface area contributed by atoms with E-state index >= 15 is 0 Å². The maximum absolute atomic E-state index is 12.0. The van der Waals surface area contributed by atoms with Gasteiger partial charge in [0, 0.05) is 6.42 Å². The van der Waals surface area contributed by atoms with Crippen molar-refractivity contribution in [3.8, 4) is 0 Å². The van der Waals surface area contributed by atoms with Gasteiger partial charge in [-0.05, 0) is 31.2 Å². The van der Waals surface area contributed by atoms with Crippen LogP contribution in [-0.2, 0) is 14.4 Å². The van der Waals surface area contributed by atoms with Crippen LogP contribution in [0.15, 0.2) is 0 Å². The lowest BCUT2D eigenvalue weighted by Gasteiger charge is -2.27. The third-order valence-corrected chi connectivity index (χ3v) is 3.51. The highest BCUT2D eigenvalue weighted by Gasteiger charge is 2.26. The molecule has 0 aromatic heterocycles. The number of carbonyl (C=O) groups is 3. The maximum atomic E-state index is 12.0. The number of imide groups is 1. The van der Waals surface area contributed by atoms with E-state index in [0.717, 1.165) is 12.8 Å². The Labute approximate surface area is 113 Å². The maximum Gasteiger partial charge on any atom is 0.246 e. The lowest BCUT2D eigenvalue weighted by Crippen LogP contribution is -2.53. The van der Waals surface area contributed by atoms with Gasteiger partial charge >= 0.3 is 0 Å². The molecule has 0 saturated carbocycles. The smallest absolute Gasteiger partial charge is 0.246 e. The number of amides is 3. The van der Waals surface area contributed by atoms with Gasteiger partial charge in [0.15, 0.2) is 0 Å². The Balaban J connectivity index is 2.45. The predicted octanol–water partition coefficient (Wildman–Crippen LogP) is -0.127. The molecule has 0 aromatic rings. The highest BCUT2D eigenvalue weighted by molar-refractivity contribution is 6.02. The summed E-state index contributed by atoms with van der Waals surface area (Å²) in [5.41, 5.74) is 5.56. The van der Waals surface area contributed by atoms with Gasteiger partial charge in [-0.15, -0.1) is 0 Å². The van der Waals surface area contributed by atoms with Gasteiger partial charge in [0.25, 0.3) is 0 Å². The molecular weight excluding hydrogens is 246 g/mol. The monoisotopic (exact) mass is 269 g/mol. The van der Waals surface area contributed by atoms with Crippen LogP contribution in [0.25, 0.3) is 0 Å². The average Bonchev–Trinajstić information content (AvgIpc) is 2.32. The fourth-order valence-electron chi connectivity index (χ4n) is 2.31. The molecule has 108 valence electrons. The van der Waals surface area contributed by atoms with Gasteiger partial charge in [-0.1, -0.05) is 13.8 Å². The minimum absolute atomic E-state index is 0.0200. The Bertz CT molecular complexity index is 339. The summed E-state index contributed by atoms with van der Waals surface area (Å²) in [4.78, 5) is 35.7. The minimum Gasteiger partial charge on any atom is -0.330 e. The molecule has 1 atom stereocenters. The first-order valence-electron chi connectivity index (χ1n) is 6.74. The highest BCUT2D eigenvalue weighted by Crippen LogP contribution is 2.21. The summed E-state index contributed by atoms with van der Waals surface area (Å²) < 4.78 is 0. The molecule has 6 nitrogen and oxygen atoms in total. The second kappa shape index (κ2) is 7.23. The molecule has 6 heteroatoms. The molecule has 1 aliphatic rings. The third kappa shape index (κ3) is 4.98. The molecule has 0 bridgehead atoms. The van der Waals surface area contributed by atoms with Crippen molar-refractivity contribution in [1.29, 1.82) is 0 Å². The van der Waals surface area contributed by atoms with E-state index in [-0.39, 0.29) is 19.0 Å². The molecule has 0 radical (unpaired) electrons. The van der Waals surface area contributed by atoms with E-state index in [0.29, 0.717) is 24.8 Å². The number of nitrogens with two attached hydrogens (primary N) is 1. The zero-order valence-corrected chi connectivity index (χ0v) is 11.6. The molecule has 19 heavy (non-hydrogen) atoms. The number of hydrogen-bond donors (Lipinski definition) is 2. The van der Waals surface area contributed by atoms with Crippen molar-refractivity contribution in [2.24, 2.45) is 17.6 Å². The van der Waals surface area contributed by atoms with Gasteiger partial charge in [0.1, 0.15) is 13.1 Å². The van der Waals surface area contributed by atoms with Crippen LogP contribution >= 0.6 is 0 Å². The number of piperazine rings is 1. The van der Waals surface area contributed by atoms with E-state index in [9.17, 15) is 14.4 Å². The van der Waals surface area contributed by atoms with Gasteiger partial charge in [-0.25, -0.2) is 0 Å². The SMILES string of the molecule is CC(C)C(CCN)CCC(=O)N1CC(=O)NC(=O)C1. The summed E-state index contributed by atoms with van der Waals surface area (Å²) in [6, 6.07) is 0. The van der Waals surface area contributed by atoms with Gasteiger partial charge in [-0.2, -0.15) is 0 Å². The largest absolute Gasteiger partial charge is 0.330 e. The lowest BCUT2D eigenvalue weighted by molar-refractivity contribution is -0.145. The van der Waals surface area contributed by atoms with E-state index in [1.165, 1.54) is 4.90 Å². The molecule has 3 N–H and O–H groups in total. The Morgan fingerprint density at radius 3 is 2.32 bits per heavy atom. The van der Waals surface area contributed by atoms with Gasteiger partial charge in [0.2, 0.25) is 17.7 Å². The first kappa shape index (κ1) is 15.6. The number of nitrogens with one attached hydrogen (secondary N) is 1. The molecule has 1 aliphatic heterocycles. The number of rotatable bonds is 6. The van der Waals surface area contributed by atoms with Gasteiger partial charge < -0.3 is 10.6 Å². The molecule has 3 amide bonds. The number of carbonyl (C=O) groups excluding carboxylic acids is 3. The molecule has 1 fully saturated rings. The van der Waals surface area contributed by atoms with E-state index in [1.54, 1.807) is 0 Å². The normalized spacial score (nSPS) is 17.6. The summed E-state index contributed by atoms with van der Waals surface area (Å²) in [7, 11) is 0. The summed E-state index contributed by atoms with van der Waals surface area (Å²) in [6.07, 6.45) is 2.01. The molecule has 1 rings (SSSR count). The van der Waals surface area contributed by atoms with Crippen LogP contribution < -0.4 is 11.1 Å². The standard InChI is InChI=1S/C13H23N3O3/c1-9(2)10(5-6-14)3-4-13(19)16-7-11(17)15-12(18)8-16/h9-10H,3-8,14H2,1-2H3,(H,15,17,18). The molecule has 1 heterocycles. The minimum atomic E-state index is -0.410. The van der Waals surface area contributed by atoms with Crippen molar-refractivity contribution in [3.05, 3.63) is 0 Å². The predicted molar refractivity (Wildman–Crippen MR) is 71.0 cm³/mol. The summed E-state index contributed by atoms with van der Waals surface area (Å²) in [5.74, 6) is -0.0734. The van der Waals surface area contributed by atoms with Crippen LogP contribution in [0, 0.1) is 11.8 Å². The van der Waals surface area contributed by atoms with E-state index in [4.69, 9.17) is 5.73 Å². The molecule has 0 aliphatic carbocycles. The summed E-state index contributed by atoms with van der Waals surface area (Å²) >= 11 is 0. The van der Waals surface area contributed by atoms with Crippen LogP contribution in [-0.4, -0.2) is 42.3 Å². The van der Waals surface area contributed by atoms with E-state index < -0.39 is 11.8 Å². The molecule has 1 saturated heterocycles. The number of nitrogens with zero attached hydrogens (tertiary/aromatic N) is 1. The van der Waals surface area contributed by atoms with Crippen molar-refractivity contribution < 1.29 is 14.4 Å². The van der Waals surface area contributed by atoms with E-state index in [2.05, 4.69) is 19.2 Å². The fraction of sp³-hybridized carbons (Fsp3) is 0.769. The zero-order chi connectivity index (χ0) is 14.4. The van der Waals surface area contributed by atoms with Gasteiger partial charge in [0.05, 0.1) is 0 Å². The molecule has 0 aromatic carbocycles. The summed E-state index contributed by atoms with van der Waals surface area (Å²) in [6.45, 7) is 4.80. The fourth-order valence-corrected chi connectivity index (χ4v) is 2.31. The second-order valence-electron chi connectivity index (χ2n) is 5.34. The van der Waals surface area contributed by atoms with Crippen LogP contribution in [0.3, 0.4) is 0 Å². The van der Waals surface area contributed by atoms with Crippen molar-refractivity contribution in [1.82, 2.24) is 10.2 Å². The van der Waals surface area contributed by atoms with Gasteiger partial charge in [-0.3, -0.25) is 19.7 Å². The lowest BCUT2D eigenvalue weighted by atomic mass is 9.88. The Hall–Kier alpha value is -1.43. The zero-order valence-electron chi connectivity index (χ0n) is 11.6. The summed E-state index contributed by atoms with van der Waals surface area (Å²) in [5, 5.41) is 2.18. The highest BCUT2D eigenvalue weighted by atomic mass is 16.2. The third-order valence-electron chi connectivity index (χ3n) is 3.51. The van der Waals surface area contributed by atoms with Crippen molar-refractivity contribution in [2.45, 2.75) is 33.1 Å². The quantitative estimate of drug-likeness (QED) is 0.657. The van der Waals surface area contributed by atoms with Crippen LogP contribution in [0.4, 0.5) is 0 Å². The molecule has 1 unspecified atom stereocenters. The Kier molecular flexibility index (Phi) is 5.95. The van der Waals surface area contributed by atoms with Crippen LogP contribution in [0.5, 0.6) is 0 Å². The Morgan fingerprint density at radius 2 is 1.84 bits per heavy atom. The molecular formula is C13H23N3O3. The number of hydrogen-bond acceptors (Lipinski definition) is 4. The Morgan fingerprint density at radius 1 is 1.26 bits per heavy atom. The second-order valence-corrected chi connectivity index (χ2v) is 5.34. The van der Waals surface area contributed by atoms with Crippen molar-refractivity contribution in [2.75, 3.05) is 19.6 Å². The first-order valence-corrected chi connectivity index (χ1v) is 6.74. The molecule has 0 spiro atoms. The van der Waals surface area contributed by atoms with Crippen LogP contribution in [0.2, 0.25) is 0 Å². The topological polar surface area (TPSA) is 92.5 Å². The van der Waals surface area contributed by atoms with Crippen LogP contribution in [0.1, 0.15) is 33.1 Å². The van der Waals surface area contributed by atoms with E-state index in [1.807, 2.05) is 0 Å². The first-order chi connectivity index (χ1) is 8.93. The van der Waals surface area contributed by atoms with Crippen molar-refractivity contribution in [3.63, 3.8) is 0 Å². The average molecular weight is 269 g/mol.